The molecule has 0 unspecified atom stereocenters. The molecule has 0 bridgehead atoms. The molecule has 1 aliphatic heterocycles. The maximum Gasteiger partial charge on any atom is 0.269 e. The Balaban J connectivity index is 1.41. The first kappa shape index (κ1) is 21.7. The molecule has 1 aromatic heterocycles. The fourth-order valence-electron chi connectivity index (χ4n) is 3.74. The first-order valence-corrected chi connectivity index (χ1v) is 10.7. The zero-order chi connectivity index (χ0) is 22.3. The van der Waals surface area contributed by atoms with Crippen LogP contribution in [0.3, 0.4) is 0 Å². The molecular formula is C22H27N7O3. The maximum absolute atomic E-state index is 10.8. The van der Waals surface area contributed by atoms with Gasteiger partial charge in [-0.05, 0) is 24.3 Å². The molecular weight excluding hydrogens is 410 g/mol. The van der Waals surface area contributed by atoms with E-state index in [-0.39, 0.29) is 12.3 Å². The molecule has 0 atom stereocenters. The molecule has 32 heavy (non-hydrogen) atoms. The summed E-state index contributed by atoms with van der Waals surface area (Å²) in [5, 5.41) is 27.5. The number of hydrogen-bond acceptors (Lipinski definition) is 9. The van der Waals surface area contributed by atoms with Gasteiger partial charge in [0.2, 0.25) is 5.95 Å². The number of para-hydroxylation sites is 1. The van der Waals surface area contributed by atoms with Gasteiger partial charge >= 0.3 is 0 Å². The number of fused-ring (bicyclic) bond motifs is 1. The van der Waals surface area contributed by atoms with Gasteiger partial charge in [0.25, 0.3) is 5.69 Å². The zero-order valence-corrected chi connectivity index (χ0v) is 17.8. The Hall–Kier alpha value is -3.50. The molecule has 0 aliphatic carbocycles. The first-order valence-electron chi connectivity index (χ1n) is 10.7. The summed E-state index contributed by atoms with van der Waals surface area (Å²) in [6.07, 6.45) is 0. The zero-order valence-electron chi connectivity index (χ0n) is 17.8. The van der Waals surface area contributed by atoms with Crippen molar-refractivity contribution in [3.8, 4) is 0 Å². The molecule has 3 aromatic rings. The second-order valence-corrected chi connectivity index (χ2v) is 7.60. The standard InChI is InChI=1S/C22H27N7O3/c30-16-15-27-11-13-28(14-12-27)22-25-20-4-2-1-3-19(20)21(26-22)24-10-9-23-17-5-7-18(8-6-17)29(31)32/h1-8,23,30H,9-16H2,(H,24,25,26). The summed E-state index contributed by atoms with van der Waals surface area (Å²) >= 11 is 0. The van der Waals surface area contributed by atoms with Crippen LogP contribution in [0.4, 0.5) is 23.1 Å². The lowest BCUT2D eigenvalue weighted by Crippen LogP contribution is -2.47. The number of hydrogen-bond donors (Lipinski definition) is 3. The number of piperazine rings is 1. The number of anilines is 3. The molecule has 3 N–H and O–H groups in total. The fraction of sp³-hybridized carbons (Fsp3) is 0.364. The van der Waals surface area contributed by atoms with Crippen molar-refractivity contribution in [1.29, 1.82) is 0 Å². The SMILES string of the molecule is O=[N+]([O-])c1ccc(NCCNc2nc(N3CCN(CCO)CC3)nc3ccccc23)cc1. The largest absolute Gasteiger partial charge is 0.395 e. The van der Waals surface area contributed by atoms with Crippen LogP contribution in [0.15, 0.2) is 48.5 Å². The Labute approximate surface area is 186 Å². The predicted octanol–water partition coefficient (Wildman–Crippen LogP) is 2.18. The number of aliphatic hydroxyl groups excluding tert-OH is 1. The van der Waals surface area contributed by atoms with E-state index in [1.807, 2.05) is 24.3 Å². The number of benzene rings is 2. The number of nitro benzene ring substituents is 1. The van der Waals surface area contributed by atoms with E-state index in [4.69, 9.17) is 15.1 Å². The van der Waals surface area contributed by atoms with E-state index < -0.39 is 4.92 Å². The Kier molecular flexibility index (Phi) is 6.93. The van der Waals surface area contributed by atoms with Crippen molar-refractivity contribution in [3.63, 3.8) is 0 Å². The molecule has 1 saturated heterocycles. The minimum atomic E-state index is -0.407. The molecule has 168 valence electrons. The second kappa shape index (κ2) is 10.2. The van der Waals surface area contributed by atoms with Crippen molar-refractivity contribution in [3.05, 3.63) is 58.6 Å². The summed E-state index contributed by atoms with van der Waals surface area (Å²) < 4.78 is 0. The molecule has 10 nitrogen and oxygen atoms in total. The van der Waals surface area contributed by atoms with Gasteiger partial charge in [0.1, 0.15) is 5.82 Å². The van der Waals surface area contributed by atoms with Crippen LogP contribution in [0.2, 0.25) is 0 Å². The van der Waals surface area contributed by atoms with Crippen LogP contribution < -0.4 is 15.5 Å². The summed E-state index contributed by atoms with van der Waals surface area (Å²) in [6.45, 7) is 5.51. The van der Waals surface area contributed by atoms with Crippen LogP contribution in [0.1, 0.15) is 0 Å². The number of non-ortho nitro benzene ring substituents is 1. The van der Waals surface area contributed by atoms with Gasteiger partial charge in [0.05, 0.1) is 17.0 Å². The average molecular weight is 438 g/mol. The lowest BCUT2D eigenvalue weighted by Gasteiger charge is -2.34. The lowest BCUT2D eigenvalue weighted by atomic mass is 10.2. The minimum absolute atomic E-state index is 0.0749. The van der Waals surface area contributed by atoms with Gasteiger partial charge in [-0.15, -0.1) is 0 Å². The van der Waals surface area contributed by atoms with Gasteiger partial charge in [-0.25, -0.2) is 4.98 Å². The van der Waals surface area contributed by atoms with Gasteiger partial charge in [0, 0.05) is 69.0 Å². The van der Waals surface area contributed by atoms with Gasteiger partial charge in [0.15, 0.2) is 0 Å². The third-order valence-corrected chi connectivity index (χ3v) is 5.49. The van der Waals surface area contributed by atoms with E-state index in [1.165, 1.54) is 12.1 Å². The highest BCUT2D eigenvalue weighted by Gasteiger charge is 2.20. The lowest BCUT2D eigenvalue weighted by molar-refractivity contribution is -0.384. The molecule has 0 spiro atoms. The molecule has 0 radical (unpaired) electrons. The highest BCUT2D eigenvalue weighted by molar-refractivity contribution is 5.90. The average Bonchev–Trinajstić information content (AvgIpc) is 2.82. The molecule has 4 rings (SSSR count). The van der Waals surface area contributed by atoms with Crippen molar-refractivity contribution in [2.24, 2.45) is 0 Å². The van der Waals surface area contributed by atoms with Crippen LogP contribution in [-0.2, 0) is 0 Å². The third kappa shape index (κ3) is 5.21. The molecule has 2 aromatic carbocycles. The number of nitrogens with one attached hydrogen (secondary N) is 2. The monoisotopic (exact) mass is 437 g/mol. The van der Waals surface area contributed by atoms with Gasteiger partial charge < -0.3 is 20.6 Å². The molecule has 0 saturated carbocycles. The second-order valence-electron chi connectivity index (χ2n) is 7.60. The Morgan fingerprint density at radius 2 is 1.69 bits per heavy atom. The maximum atomic E-state index is 10.8. The van der Waals surface area contributed by atoms with Crippen LogP contribution in [-0.4, -0.2) is 77.3 Å². The molecule has 0 amide bonds. The van der Waals surface area contributed by atoms with E-state index in [9.17, 15) is 10.1 Å². The number of β-amino-alcohol motifs (C(OH)–C–C–N with tert-alkyl or cyclic N) is 1. The summed E-state index contributed by atoms with van der Waals surface area (Å²) in [5.41, 5.74) is 1.79. The predicted molar refractivity (Wildman–Crippen MR) is 125 cm³/mol. The summed E-state index contributed by atoms with van der Waals surface area (Å²) in [5.74, 6) is 1.49. The van der Waals surface area contributed by atoms with E-state index in [0.717, 1.165) is 48.6 Å². The van der Waals surface area contributed by atoms with E-state index in [2.05, 4.69) is 20.4 Å². The Bertz CT molecular complexity index is 1050. The summed E-state index contributed by atoms with van der Waals surface area (Å²) in [6, 6.07) is 14.3. The molecule has 10 heteroatoms. The van der Waals surface area contributed by atoms with Crippen molar-refractivity contribution < 1.29 is 10.0 Å². The van der Waals surface area contributed by atoms with Crippen molar-refractivity contribution in [2.45, 2.75) is 0 Å². The summed E-state index contributed by atoms with van der Waals surface area (Å²) in [4.78, 5) is 24.4. The topological polar surface area (TPSA) is 120 Å². The van der Waals surface area contributed by atoms with Crippen LogP contribution >= 0.6 is 0 Å². The Morgan fingerprint density at radius 1 is 0.969 bits per heavy atom. The number of aliphatic hydroxyl groups is 1. The van der Waals surface area contributed by atoms with Crippen molar-refractivity contribution in [1.82, 2.24) is 14.9 Å². The highest BCUT2D eigenvalue weighted by atomic mass is 16.6. The van der Waals surface area contributed by atoms with Gasteiger partial charge in [-0.3, -0.25) is 15.0 Å². The van der Waals surface area contributed by atoms with Crippen LogP contribution in [0.5, 0.6) is 0 Å². The van der Waals surface area contributed by atoms with Crippen molar-refractivity contribution >= 4 is 34.0 Å². The number of nitrogens with zero attached hydrogens (tertiary/aromatic N) is 5. The quantitative estimate of drug-likeness (QED) is 0.263. The smallest absolute Gasteiger partial charge is 0.269 e. The third-order valence-electron chi connectivity index (χ3n) is 5.49. The molecule has 1 fully saturated rings. The first-order chi connectivity index (χ1) is 15.6. The Morgan fingerprint density at radius 3 is 2.41 bits per heavy atom. The number of nitro groups is 1. The fourth-order valence-corrected chi connectivity index (χ4v) is 3.74. The van der Waals surface area contributed by atoms with E-state index >= 15 is 0 Å². The number of aromatic nitrogens is 2. The normalized spacial score (nSPS) is 14.5. The summed E-state index contributed by atoms with van der Waals surface area (Å²) in [7, 11) is 0. The minimum Gasteiger partial charge on any atom is -0.395 e. The van der Waals surface area contributed by atoms with Gasteiger partial charge in [-0.2, -0.15) is 4.98 Å². The van der Waals surface area contributed by atoms with Gasteiger partial charge in [-0.1, -0.05) is 12.1 Å². The number of rotatable bonds is 9. The van der Waals surface area contributed by atoms with Crippen molar-refractivity contribution in [2.75, 3.05) is 68.0 Å². The van der Waals surface area contributed by atoms with E-state index in [0.29, 0.717) is 25.6 Å². The van der Waals surface area contributed by atoms with Crippen LogP contribution in [0.25, 0.3) is 10.9 Å². The molecule has 1 aliphatic rings. The molecule has 2 heterocycles. The van der Waals surface area contributed by atoms with Crippen LogP contribution in [0, 0.1) is 10.1 Å². The van der Waals surface area contributed by atoms with E-state index in [1.54, 1.807) is 12.1 Å². The highest BCUT2D eigenvalue weighted by Crippen LogP contribution is 2.24.